The van der Waals surface area contributed by atoms with Gasteiger partial charge in [-0.05, 0) is 49.6 Å². The molecule has 1 aromatic heterocycles. The smallest absolute Gasteiger partial charge is 0.331 e. The molecule has 0 aliphatic carbocycles. The first-order chi connectivity index (χ1) is 13.0. The van der Waals surface area contributed by atoms with Crippen LogP contribution in [0.25, 0.3) is 6.08 Å². The summed E-state index contributed by atoms with van der Waals surface area (Å²) in [6.07, 6.45) is 2.91. The third kappa shape index (κ3) is 6.38. The van der Waals surface area contributed by atoms with Crippen LogP contribution >= 0.6 is 11.3 Å². The van der Waals surface area contributed by atoms with Gasteiger partial charge in [0.1, 0.15) is 0 Å². The molecule has 2 amide bonds. The third-order valence-corrected chi connectivity index (χ3v) is 4.55. The molecule has 0 aliphatic rings. The second-order valence-electron chi connectivity index (χ2n) is 5.56. The Labute approximate surface area is 162 Å². The molecule has 1 aromatic carbocycles. The summed E-state index contributed by atoms with van der Waals surface area (Å²) < 4.78 is 4.92. The Bertz CT molecular complexity index is 811. The molecule has 0 atom stereocenters. The SMILES string of the molecule is CCN(CC)C(=O)c1cccc(NC(=O)COC(=O)/C=C/c2cccs2)c1. The largest absolute Gasteiger partial charge is 0.452 e. The van der Waals surface area contributed by atoms with Gasteiger partial charge in [-0.2, -0.15) is 0 Å². The Morgan fingerprint density at radius 1 is 1.15 bits per heavy atom. The van der Waals surface area contributed by atoms with E-state index < -0.39 is 18.5 Å². The molecule has 0 spiro atoms. The molecule has 0 saturated carbocycles. The van der Waals surface area contributed by atoms with Gasteiger partial charge in [0.25, 0.3) is 11.8 Å². The first-order valence-electron chi connectivity index (χ1n) is 8.61. The van der Waals surface area contributed by atoms with E-state index in [0.29, 0.717) is 24.3 Å². The summed E-state index contributed by atoms with van der Waals surface area (Å²) in [6, 6.07) is 10.4. The molecule has 0 saturated heterocycles. The number of ether oxygens (including phenoxy) is 1. The fourth-order valence-electron chi connectivity index (χ4n) is 2.34. The summed E-state index contributed by atoms with van der Waals surface area (Å²) >= 11 is 1.49. The minimum atomic E-state index is -0.594. The zero-order valence-corrected chi connectivity index (χ0v) is 16.1. The van der Waals surface area contributed by atoms with Crippen molar-refractivity contribution in [1.29, 1.82) is 0 Å². The number of hydrogen-bond donors (Lipinski definition) is 1. The van der Waals surface area contributed by atoms with Gasteiger partial charge in [-0.1, -0.05) is 12.1 Å². The predicted octanol–water partition coefficient (Wildman–Crippen LogP) is 3.43. The van der Waals surface area contributed by atoms with Crippen LogP contribution in [0.4, 0.5) is 5.69 Å². The van der Waals surface area contributed by atoms with E-state index in [-0.39, 0.29) is 5.91 Å². The molecule has 2 rings (SSSR count). The lowest BCUT2D eigenvalue weighted by Crippen LogP contribution is -2.30. The van der Waals surface area contributed by atoms with E-state index >= 15 is 0 Å². The maximum Gasteiger partial charge on any atom is 0.331 e. The number of esters is 1. The predicted molar refractivity (Wildman–Crippen MR) is 107 cm³/mol. The minimum Gasteiger partial charge on any atom is -0.452 e. The van der Waals surface area contributed by atoms with Gasteiger partial charge in [0, 0.05) is 35.3 Å². The summed E-state index contributed by atoms with van der Waals surface area (Å²) in [7, 11) is 0. The Kier molecular flexibility index (Phi) is 7.76. The van der Waals surface area contributed by atoms with Crippen LogP contribution < -0.4 is 5.32 Å². The normalized spacial score (nSPS) is 10.6. The monoisotopic (exact) mass is 386 g/mol. The van der Waals surface area contributed by atoms with Gasteiger partial charge < -0.3 is 15.0 Å². The van der Waals surface area contributed by atoms with Crippen molar-refractivity contribution in [3.8, 4) is 0 Å². The van der Waals surface area contributed by atoms with Crippen molar-refractivity contribution in [1.82, 2.24) is 4.90 Å². The molecule has 0 unspecified atom stereocenters. The molecule has 0 bridgehead atoms. The number of amides is 2. The van der Waals surface area contributed by atoms with Gasteiger partial charge >= 0.3 is 5.97 Å². The summed E-state index contributed by atoms with van der Waals surface area (Å²) in [5.41, 5.74) is 0.968. The highest BCUT2D eigenvalue weighted by Crippen LogP contribution is 2.13. The van der Waals surface area contributed by atoms with Crippen LogP contribution in [0, 0.1) is 0 Å². The second kappa shape index (κ2) is 10.3. The van der Waals surface area contributed by atoms with E-state index in [4.69, 9.17) is 4.74 Å². The molecular formula is C20H22N2O4S. The van der Waals surface area contributed by atoms with Gasteiger partial charge in [-0.25, -0.2) is 4.79 Å². The summed E-state index contributed by atoms with van der Waals surface area (Å²) in [4.78, 5) is 38.6. The van der Waals surface area contributed by atoms with E-state index in [0.717, 1.165) is 4.88 Å². The van der Waals surface area contributed by atoms with Crippen molar-refractivity contribution in [3.63, 3.8) is 0 Å². The van der Waals surface area contributed by atoms with Crippen molar-refractivity contribution in [2.24, 2.45) is 0 Å². The molecule has 1 N–H and O–H groups in total. The Morgan fingerprint density at radius 2 is 1.93 bits per heavy atom. The molecular weight excluding hydrogens is 364 g/mol. The molecule has 142 valence electrons. The average Bonchev–Trinajstić information content (AvgIpc) is 3.19. The molecule has 7 heteroatoms. The zero-order chi connectivity index (χ0) is 19.6. The average molecular weight is 386 g/mol. The number of thiophene rings is 1. The van der Waals surface area contributed by atoms with Gasteiger partial charge in [-0.3, -0.25) is 9.59 Å². The standard InChI is InChI=1S/C20H22N2O4S/c1-3-22(4-2)20(25)15-7-5-8-16(13-15)21-18(23)14-26-19(24)11-10-17-9-6-12-27-17/h5-13H,3-4,14H2,1-2H3,(H,21,23)/b11-10+. The quantitative estimate of drug-likeness (QED) is 0.557. The van der Waals surface area contributed by atoms with Crippen LogP contribution in [0.2, 0.25) is 0 Å². The number of carbonyl (C=O) groups excluding carboxylic acids is 3. The number of benzene rings is 1. The zero-order valence-electron chi connectivity index (χ0n) is 15.3. The highest BCUT2D eigenvalue weighted by Gasteiger charge is 2.13. The van der Waals surface area contributed by atoms with Crippen LogP contribution in [-0.4, -0.2) is 42.4 Å². The van der Waals surface area contributed by atoms with Crippen molar-refractivity contribution in [2.75, 3.05) is 25.0 Å². The van der Waals surface area contributed by atoms with Crippen LogP contribution in [0.3, 0.4) is 0 Å². The van der Waals surface area contributed by atoms with Crippen molar-refractivity contribution >= 4 is 40.9 Å². The minimum absolute atomic E-state index is 0.0961. The fourth-order valence-corrected chi connectivity index (χ4v) is 2.96. The molecule has 0 aliphatic heterocycles. The molecule has 27 heavy (non-hydrogen) atoms. The van der Waals surface area contributed by atoms with Crippen molar-refractivity contribution < 1.29 is 19.1 Å². The Morgan fingerprint density at radius 3 is 2.59 bits per heavy atom. The maximum atomic E-state index is 12.4. The van der Waals surface area contributed by atoms with Gasteiger partial charge in [0.15, 0.2) is 6.61 Å². The van der Waals surface area contributed by atoms with Crippen molar-refractivity contribution in [2.45, 2.75) is 13.8 Å². The number of nitrogens with zero attached hydrogens (tertiary/aromatic N) is 1. The topological polar surface area (TPSA) is 75.7 Å². The lowest BCUT2D eigenvalue weighted by molar-refractivity contribution is -0.142. The van der Waals surface area contributed by atoms with Crippen molar-refractivity contribution in [3.05, 3.63) is 58.3 Å². The number of hydrogen-bond acceptors (Lipinski definition) is 5. The lowest BCUT2D eigenvalue weighted by atomic mass is 10.1. The molecule has 0 radical (unpaired) electrons. The van der Waals surface area contributed by atoms with Gasteiger partial charge in [-0.15, -0.1) is 11.3 Å². The fraction of sp³-hybridized carbons (Fsp3) is 0.250. The Hall–Kier alpha value is -2.93. The van der Waals surface area contributed by atoms with Gasteiger partial charge in [0.05, 0.1) is 0 Å². The Balaban J connectivity index is 1.87. The molecule has 2 aromatic rings. The number of anilines is 1. The van der Waals surface area contributed by atoms with E-state index in [2.05, 4.69) is 5.32 Å². The van der Waals surface area contributed by atoms with E-state index in [9.17, 15) is 14.4 Å². The number of rotatable bonds is 8. The third-order valence-electron chi connectivity index (χ3n) is 3.72. The first kappa shape index (κ1) is 20.4. The van der Waals surface area contributed by atoms with Gasteiger partial charge in [0.2, 0.25) is 0 Å². The number of carbonyl (C=O) groups is 3. The van der Waals surface area contributed by atoms with Crippen LogP contribution in [0.15, 0.2) is 47.9 Å². The summed E-state index contributed by atoms with van der Waals surface area (Å²) in [6.45, 7) is 4.64. The molecule has 0 fully saturated rings. The molecule has 6 nitrogen and oxygen atoms in total. The van der Waals surface area contributed by atoms with Crippen LogP contribution in [0.5, 0.6) is 0 Å². The highest BCUT2D eigenvalue weighted by atomic mass is 32.1. The molecule has 1 heterocycles. The van der Waals surface area contributed by atoms with E-state index in [1.807, 2.05) is 31.4 Å². The van der Waals surface area contributed by atoms with E-state index in [1.165, 1.54) is 17.4 Å². The van der Waals surface area contributed by atoms with E-state index in [1.54, 1.807) is 35.2 Å². The summed E-state index contributed by atoms with van der Waals surface area (Å²) in [5.74, 6) is -1.16. The van der Waals surface area contributed by atoms with Crippen LogP contribution in [0.1, 0.15) is 29.1 Å². The first-order valence-corrected chi connectivity index (χ1v) is 9.49. The highest BCUT2D eigenvalue weighted by molar-refractivity contribution is 7.10. The second-order valence-corrected chi connectivity index (χ2v) is 6.54. The number of nitrogens with one attached hydrogen (secondary N) is 1. The maximum absolute atomic E-state index is 12.4. The summed E-state index contributed by atoms with van der Waals surface area (Å²) in [5, 5.41) is 4.53. The lowest BCUT2D eigenvalue weighted by Gasteiger charge is -2.19. The van der Waals surface area contributed by atoms with Crippen LogP contribution in [-0.2, 0) is 14.3 Å².